The number of rotatable bonds is 11. The molecule has 0 bridgehead atoms. The number of ketones is 1. The highest BCUT2D eigenvalue weighted by molar-refractivity contribution is 6.74. The van der Waals surface area contributed by atoms with E-state index in [1.165, 1.54) is 18.9 Å². The molecular weight excluding hydrogens is 450 g/mol. The van der Waals surface area contributed by atoms with Crippen LogP contribution >= 0.6 is 0 Å². The Labute approximate surface area is 205 Å². The Morgan fingerprint density at radius 2 is 1.62 bits per heavy atom. The average Bonchev–Trinajstić information content (AvgIpc) is 2.76. The van der Waals surface area contributed by atoms with E-state index in [1.54, 1.807) is 31.4 Å². The van der Waals surface area contributed by atoms with Crippen LogP contribution in [-0.4, -0.2) is 56.7 Å². The molecule has 0 radical (unpaired) electrons. The summed E-state index contributed by atoms with van der Waals surface area (Å²) in [7, 11) is 0.297. The van der Waals surface area contributed by atoms with Crippen LogP contribution < -0.4 is 4.74 Å². The van der Waals surface area contributed by atoms with Gasteiger partial charge in [-0.1, -0.05) is 53.3 Å². The maximum atomic E-state index is 13.6. The molecule has 0 unspecified atom stereocenters. The van der Waals surface area contributed by atoms with Crippen LogP contribution in [0.2, 0.25) is 18.1 Å². The van der Waals surface area contributed by atoms with Gasteiger partial charge in [0, 0.05) is 6.54 Å². The lowest BCUT2D eigenvalue weighted by atomic mass is 9.80. The molecule has 1 amide bonds. The van der Waals surface area contributed by atoms with Crippen LogP contribution in [0.15, 0.2) is 36.9 Å². The highest BCUT2D eigenvalue weighted by Crippen LogP contribution is 2.42. The minimum atomic E-state index is -2.48. The molecule has 0 aliphatic carbocycles. The molecule has 0 aromatic heterocycles. The van der Waals surface area contributed by atoms with Crippen molar-refractivity contribution in [2.24, 2.45) is 5.92 Å². The number of carbonyl (C=O) groups excluding carboxylic acids is 3. The van der Waals surface area contributed by atoms with Crippen molar-refractivity contribution >= 4 is 26.0 Å². The molecule has 0 saturated carbocycles. The minimum absolute atomic E-state index is 0.0202. The number of methoxy groups -OCH3 is 2. The van der Waals surface area contributed by atoms with Crippen LogP contribution in [0.1, 0.15) is 47.1 Å². The van der Waals surface area contributed by atoms with Crippen molar-refractivity contribution < 1.29 is 28.3 Å². The van der Waals surface area contributed by atoms with Crippen molar-refractivity contribution in [3.8, 4) is 5.75 Å². The molecule has 0 aliphatic heterocycles. The predicted octanol–water partition coefficient (Wildman–Crippen LogP) is 4.76. The summed E-state index contributed by atoms with van der Waals surface area (Å²) in [6, 6.07) is 7.07. The van der Waals surface area contributed by atoms with Crippen LogP contribution in [-0.2, 0) is 30.1 Å². The first-order valence-corrected chi connectivity index (χ1v) is 14.3. The quantitative estimate of drug-likeness (QED) is 0.192. The van der Waals surface area contributed by atoms with Gasteiger partial charge in [0.05, 0.1) is 20.3 Å². The molecular formula is C26H41NO6Si. The number of esters is 1. The third kappa shape index (κ3) is 5.96. The molecule has 2 atom stereocenters. The van der Waals surface area contributed by atoms with Crippen LogP contribution in [0, 0.1) is 5.92 Å². The predicted molar refractivity (Wildman–Crippen MR) is 136 cm³/mol. The molecule has 0 heterocycles. The zero-order valence-corrected chi connectivity index (χ0v) is 23.4. The van der Waals surface area contributed by atoms with E-state index in [1.807, 2.05) is 26.9 Å². The summed E-state index contributed by atoms with van der Waals surface area (Å²) < 4.78 is 17.1. The first-order valence-electron chi connectivity index (χ1n) is 11.4. The number of benzene rings is 1. The third-order valence-corrected chi connectivity index (χ3v) is 11.1. The van der Waals surface area contributed by atoms with E-state index in [2.05, 4.69) is 27.4 Å². The Hall–Kier alpha value is -2.45. The normalized spacial score (nSPS) is 14.7. The van der Waals surface area contributed by atoms with E-state index in [0.717, 1.165) is 6.08 Å². The van der Waals surface area contributed by atoms with Crippen LogP contribution in [0.25, 0.3) is 0 Å². The van der Waals surface area contributed by atoms with Crippen molar-refractivity contribution in [2.75, 3.05) is 14.2 Å². The molecule has 0 N–H and O–H groups in total. The molecule has 190 valence electrons. The second-order valence-electron chi connectivity index (χ2n) is 10.3. The smallest absolute Gasteiger partial charge is 0.342 e. The Kier molecular flexibility index (Phi) is 9.84. The van der Waals surface area contributed by atoms with Crippen LogP contribution in [0.5, 0.6) is 5.75 Å². The van der Waals surface area contributed by atoms with E-state index >= 15 is 0 Å². The van der Waals surface area contributed by atoms with Gasteiger partial charge in [-0.15, -0.1) is 0 Å². The molecule has 0 spiro atoms. The van der Waals surface area contributed by atoms with E-state index in [9.17, 15) is 14.4 Å². The maximum absolute atomic E-state index is 13.6. The summed E-state index contributed by atoms with van der Waals surface area (Å²) in [5.74, 6) is -1.56. The second-order valence-corrected chi connectivity index (χ2v) is 15.1. The topological polar surface area (TPSA) is 82.1 Å². The molecule has 8 heteroatoms. The van der Waals surface area contributed by atoms with Crippen molar-refractivity contribution in [1.82, 2.24) is 4.90 Å². The molecule has 0 fully saturated rings. The fourth-order valence-corrected chi connectivity index (χ4v) is 5.10. The number of ether oxygens (including phenoxy) is 2. The van der Waals surface area contributed by atoms with Crippen molar-refractivity contribution in [3.63, 3.8) is 0 Å². The molecule has 0 aliphatic rings. The standard InChI is InChI=1S/C26H41NO6Si/c1-12-22(29)27(17-20-13-15-21(31-8)16-14-20)26(19(4)28,24(30)32-9)23(18(2)3)33-34(10,11)25(5,6)7/h12-16,18,23H,1,17H2,2-11H3/t23-,26-/m0/s1. The Bertz CT molecular complexity index is 888. The first kappa shape index (κ1) is 29.6. The largest absolute Gasteiger partial charge is 0.497 e. The summed E-state index contributed by atoms with van der Waals surface area (Å²) in [6.45, 7) is 19.0. The number of hydrogen-bond donors (Lipinski definition) is 0. The number of amides is 1. The van der Waals surface area contributed by atoms with Crippen molar-refractivity contribution in [1.29, 1.82) is 0 Å². The highest BCUT2D eigenvalue weighted by atomic mass is 28.4. The average molecular weight is 492 g/mol. The highest BCUT2D eigenvalue weighted by Gasteiger charge is 2.60. The first-order chi connectivity index (χ1) is 15.6. The zero-order valence-electron chi connectivity index (χ0n) is 22.4. The van der Waals surface area contributed by atoms with Gasteiger partial charge in [0.15, 0.2) is 14.1 Å². The van der Waals surface area contributed by atoms with Gasteiger partial charge < -0.3 is 18.8 Å². The number of carbonyl (C=O) groups is 3. The summed E-state index contributed by atoms with van der Waals surface area (Å²) >= 11 is 0. The molecule has 1 aromatic rings. The number of Topliss-reactive ketones (excluding diaryl/α,β-unsaturated/α-hetero) is 1. The maximum Gasteiger partial charge on any atom is 0.342 e. The van der Waals surface area contributed by atoms with E-state index in [-0.39, 0.29) is 17.5 Å². The summed E-state index contributed by atoms with van der Waals surface area (Å²) in [4.78, 5) is 41.6. The zero-order chi connectivity index (χ0) is 26.5. The van der Waals surface area contributed by atoms with Gasteiger partial charge in [-0.25, -0.2) is 4.79 Å². The lowest BCUT2D eigenvalue weighted by Crippen LogP contribution is -2.71. The van der Waals surface area contributed by atoms with Gasteiger partial charge in [-0.3, -0.25) is 9.59 Å². The molecule has 1 aromatic carbocycles. The van der Waals surface area contributed by atoms with Crippen molar-refractivity contribution in [3.05, 3.63) is 42.5 Å². The fourth-order valence-electron chi connectivity index (χ4n) is 3.67. The Morgan fingerprint density at radius 1 is 1.09 bits per heavy atom. The summed E-state index contributed by atoms with van der Waals surface area (Å²) in [5, 5.41) is -0.192. The van der Waals surface area contributed by atoms with Gasteiger partial charge >= 0.3 is 5.97 Å². The van der Waals surface area contributed by atoms with Crippen LogP contribution in [0.3, 0.4) is 0 Å². The van der Waals surface area contributed by atoms with Gasteiger partial charge in [0.2, 0.25) is 11.4 Å². The monoisotopic (exact) mass is 491 g/mol. The Balaban J connectivity index is 3.87. The van der Waals surface area contributed by atoms with Gasteiger partial charge in [0.25, 0.3) is 0 Å². The SMILES string of the molecule is C=CC(=O)N(Cc1ccc(OC)cc1)[C@](C(C)=O)(C(=O)OC)[C@@H](O[Si](C)(C)C(C)(C)C)C(C)C. The number of nitrogens with zero attached hydrogens (tertiary/aromatic N) is 1. The fraction of sp³-hybridized carbons (Fsp3) is 0.577. The summed E-state index contributed by atoms with van der Waals surface area (Å²) in [5.41, 5.74) is -1.29. The molecule has 34 heavy (non-hydrogen) atoms. The summed E-state index contributed by atoms with van der Waals surface area (Å²) in [6.07, 6.45) is 0.175. The van der Waals surface area contributed by atoms with Gasteiger partial charge in [0.1, 0.15) is 5.75 Å². The van der Waals surface area contributed by atoms with Gasteiger partial charge in [-0.2, -0.15) is 0 Å². The third-order valence-electron chi connectivity index (χ3n) is 6.64. The van der Waals surface area contributed by atoms with E-state index in [4.69, 9.17) is 13.9 Å². The molecule has 0 saturated heterocycles. The Morgan fingerprint density at radius 3 is 1.97 bits per heavy atom. The number of hydrogen-bond acceptors (Lipinski definition) is 6. The van der Waals surface area contributed by atoms with E-state index < -0.39 is 37.6 Å². The molecule has 1 rings (SSSR count). The van der Waals surface area contributed by atoms with Gasteiger partial charge in [-0.05, 0) is 54.7 Å². The van der Waals surface area contributed by atoms with Crippen molar-refractivity contribution in [2.45, 2.75) is 77.9 Å². The molecule has 7 nitrogen and oxygen atoms in total. The lowest BCUT2D eigenvalue weighted by molar-refractivity contribution is -0.176. The second kappa shape index (κ2) is 11.3. The minimum Gasteiger partial charge on any atom is -0.497 e. The van der Waals surface area contributed by atoms with Crippen LogP contribution in [0.4, 0.5) is 0 Å². The van der Waals surface area contributed by atoms with E-state index in [0.29, 0.717) is 11.3 Å². The lowest BCUT2D eigenvalue weighted by Gasteiger charge is -2.49.